The van der Waals surface area contributed by atoms with Gasteiger partial charge in [0.25, 0.3) is 0 Å². The molecule has 1 unspecified atom stereocenters. The molecule has 1 aromatic carbocycles. The lowest BCUT2D eigenvalue weighted by molar-refractivity contribution is 0.497. The summed E-state index contributed by atoms with van der Waals surface area (Å²) in [4.78, 5) is 4.36. The fourth-order valence-electron chi connectivity index (χ4n) is 2.71. The third-order valence-electron chi connectivity index (χ3n) is 3.64. The molecular formula is C17H18N2O. The number of benzene rings is 1. The highest BCUT2D eigenvalue weighted by Crippen LogP contribution is 2.28. The predicted octanol–water partition coefficient (Wildman–Crippen LogP) is 3.75. The Hall–Kier alpha value is -2.13. The molecule has 0 spiro atoms. The Morgan fingerprint density at radius 1 is 1.15 bits per heavy atom. The zero-order valence-corrected chi connectivity index (χ0v) is 12.0. The fraction of sp³-hybridized carbons (Fsp3) is 0.235. The Bertz CT molecular complexity index is 746. The molecule has 0 saturated carbocycles. The van der Waals surface area contributed by atoms with E-state index in [9.17, 15) is 0 Å². The zero-order valence-electron chi connectivity index (χ0n) is 12.0. The maximum Gasteiger partial charge on any atom is 0.106 e. The molecule has 1 N–H and O–H groups in total. The van der Waals surface area contributed by atoms with Gasteiger partial charge in [-0.2, -0.15) is 0 Å². The molecule has 0 aliphatic heterocycles. The van der Waals surface area contributed by atoms with Crippen molar-refractivity contribution in [1.82, 2.24) is 10.3 Å². The van der Waals surface area contributed by atoms with Crippen molar-refractivity contribution in [1.29, 1.82) is 0 Å². The molecule has 0 aliphatic carbocycles. The molecule has 0 amide bonds. The molecule has 0 bridgehead atoms. The molecule has 102 valence electrons. The molecule has 1 atom stereocenters. The molecule has 0 saturated heterocycles. The number of aryl methyl sites for hydroxylation is 2. The van der Waals surface area contributed by atoms with Gasteiger partial charge in [0.2, 0.25) is 0 Å². The summed E-state index contributed by atoms with van der Waals surface area (Å²) in [6.45, 7) is 3.99. The fourth-order valence-corrected chi connectivity index (χ4v) is 2.71. The van der Waals surface area contributed by atoms with E-state index in [1.807, 2.05) is 33.2 Å². The third-order valence-corrected chi connectivity index (χ3v) is 3.64. The molecule has 20 heavy (non-hydrogen) atoms. The van der Waals surface area contributed by atoms with E-state index in [1.54, 1.807) is 0 Å². The van der Waals surface area contributed by atoms with Crippen molar-refractivity contribution in [3.63, 3.8) is 0 Å². The van der Waals surface area contributed by atoms with Crippen molar-refractivity contribution in [2.75, 3.05) is 7.05 Å². The highest BCUT2D eigenvalue weighted by atomic mass is 16.3. The minimum atomic E-state index is 0.136. The SMILES string of the molecule is CNC(c1ccc2ncccc2c1)c1cc(C)oc1C. The van der Waals surface area contributed by atoms with E-state index >= 15 is 0 Å². The van der Waals surface area contributed by atoms with Gasteiger partial charge in [-0.15, -0.1) is 0 Å². The van der Waals surface area contributed by atoms with Crippen molar-refractivity contribution in [2.24, 2.45) is 0 Å². The average Bonchev–Trinajstić information content (AvgIpc) is 2.78. The van der Waals surface area contributed by atoms with Crippen LogP contribution in [0.25, 0.3) is 10.9 Å². The first-order chi connectivity index (χ1) is 9.69. The van der Waals surface area contributed by atoms with Crippen molar-refractivity contribution in [3.05, 3.63) is 65.2 Å². The summed E-state index contributed by atoms with van der Waals surface area (Å²) < 4.78 is 5.65. The van der Waals surface area contributed by atoms with Crippen molar-refractivity contribution in [3.8, 4) is 0 Å². The van der Waals surface area contributed by atoms with Gasteiger partial charge >= 0.3 is 0 Å². The highest BCUT2D eigenvalue weighted by molar-refractivity contribution is 5.79. The van der Waals surface area contributed by atoms with Crippen LogP contribution in [0, 0.1) is 13.8 Å². The van der Waals surface area contributed by atoms with Crippen LogP contribution in [-0.4, -0.2) is 12.0 Å². The summed E-state index contributed by atoms with van der Waals surface area (Å²) in [6, 6.07) is 12.7. The van der Waals surface area contributed by atoms with Gasteiger partial charge < -0.3 is 9.73 Å². The van der Waals surface area contributed by atoms with Gasteiger partial charge in [0.1, 0.15) is 11.5 Å². The van der Waals surface area contributed by atoms with Gasteiger partial charge in [-0.25, -0.2) is 0 Å². The summed E-state index contributed by atoms with van der Waals surface area (Å²) in [7, 11) is 1.97. The van der Waals surface area contributed by atoms with E-state index in [2.05, 4.69) is 40.6 Å². The van der Waals surface area contributed by atoms with Crippen molar-refractivity contribution >= 4 is 10.9 Å². The Balaban J connectivity index is 2.09. The van der Waals surface area contributed by atoms with E-state index in [1.165, 1.54) is 11.1 Å². The molecule has 2 heterocycles. The van der Waals surface area contributed by atoms with Gasteiger partial charge in [0, 0.05) is 17.1 Å². The number of rotatable bonds is 3. The third kappa shape index (κ3) is 2.21. The molecule has 3 heteroatoms. The Kier molecular flexibility index (Phi) is 3.28. The quantitative estimate of drug-likeness (QED) is 0.784. The normalized spacial score (nSPS) is 12.8. The molecular weight excluding hydrogens is 248 g/mol. The predicted molar refractivity (Wildman–Crippen MR) is 80.8 cm³/mol. The smallest absolute Gasteiger partial charge is 0.106 e. The number of nitrogens with one attached hydrogen (secondary N) is 1. The van der Waals surface area contributed by atoms with Gasteiger partial charge in [-0.05, 0) is 50.7 Å². The van der Waals surface area contributed by atoms with Gasteiger partial charge in [-0.3, -0.25) is 4.98 Å². The van der Waals surface area contributed by atoms with Gasteiger partial charge in [0.05, 0.1) is 11.6 Å². The number of pyridine rings is 1. The summed E-state index contributed by atoms with van der Waals surface area (Å²) in [5.74, 6) is 1.91. The number of hydrogen-bond acceptors (Lipinski definition) is 3. The second-order valence-corrected chi connectivity index (χ2v) is 5.05. The van der Waals surface area contributed by atoms with Crippen LogP contribution >= 0.6 is 0 Å². The molecule has 0 fully saturated rings. The van der Waals surface area contributed by atoms with Crippen LogP contribution in [-0.2, 0) is 0 Å². The Morgan fingerprint density at radius 2 is 2.00 bits per heavy atom. The summed E-state index contributed by atoms with van der Waals surface area (Å²) in [5.41, 5.74) is 3.43. The van der Waals surface area contributed by atoms with E-state index in [0.29, 0.717) is 0 Å². The van der Waals surface area contributed by atoms with Crippen molar-refractivity contribution in [2.45, 2.75) is 19.9 Å². The summed E-state index contributed by atoms with van der Waals surface area (Å²) in [6.07, 6.45) is 1.82. The first-order valence-corrected chi connectivity index (χ1v) is 6.78. The summed E-state index contributed by atoms with van der Waals surface area (Å²) in [5, 5.41) is 4.53. The van der Waals surface area contributed by atoms with Crippen LogP contribution in [0.5, 0.6) is 0 Å². The van der Waals surface area contributed by atoms with Crippen LogP contribution in [0.15, 0.2) is 47.0 Å². The minimum Gasteiger partial charge on any atom is -0.466 e. The number of aromatic nitrogens is 1. The van der Waals surface area contributed by atoms with Crippen LogP contribution < -0.4 is 5.32 Å². The molecule has 2 aromatic heterocycles. The number of fused-ring (bicyclic) bond motifs is 1. The summed E-state index contributed by atoms with van der Waals surface area (Å²) >= 11 is 0. The number of furan rings is 1. The van der Waals surface area contributed by atoms with Gasteiger partial charge in [0.15, 0.2) is 0 Å². The van der Waals surface area contributed by atoms with Crippen LogP contribution in [0.4, 0.5) is 0 Å². The lowest BCUT2D eigenvalue weighted by Crippen LogP contribution is -2.17. The molecule has 3 rings (SSSR count). The zero-order chi connectivity index (χ0) is 14.1. The van der Waals surface area contributed by atoms with E-state index in [4.69, 9.17) is 4.42 Å². The topological polar surface area (TPSA) is 38.1 Å². The monoisotopic (exact) mass is 266 g/mol. The van der Waals surface area contributed by atoms with Crippen molar-refractivity contribution < 1.29 is 4.42 Å². The molecule has 3 aromatic rings. The highest BCUT2D eigenvalue weighted by Gasteiger charge is 2.17. The number of nitrogens with zero attached hydrogens (tertiary/aromatic N) is 1. The van der Waals surface area contributed by atoms with Crippen LogP contribution in [0.3, 0.4) is 0 Å². The Morgan fingerprint density at radius 3 is 2.70 bits per heavy atom. The maximum absolute atomic E-state index is 5.65. The molecule has 3 nitrogen and oxygen atoms in total. The van der Waals surface area contributed by atoms with E-state index < -0.39 is 0 Å². The largest absolute Gasteiger partial charge is 0.466 e. The number of hydrogen-bond donors (Lipinski definition) is 1. The lowest BCUT2D eigenvalue weighted by Gasteiger charge is -2.16. The molecule has 0 radical (unpaired) electrons. The second kappa shape index (κ2) is 5.10. The van der Waals surface area contributed by atoms with E-state index in [0.717, 1.165) is 22.4 Å². The lowest BCUT2D eigenvalue weighted by atomic mass is 9.97. The van der Waals surface area contributed by atoms with Crippen LogP contribution in [0.1, 0.15) is 28.7 Å². The van der Waals surface area contributed by atoms with Crippen LogP contribution in [0.2, 0.25) is 0 Å². The first kappa shape index (κ1) is 12.9. The van der Waals surface area contributed by atoms with E-state index in [-0.39, 0.29) is 6.04 Å². The Labute approximate surface area is 118 Å². The maximum atomic E-state index is 5.65. The standard InChI is InChI=1S/C17H18N2O/c1-11-9-15(12(2)20-11)17(18-3)14-6-7-16-13(10-14)5-4-8-19-16/h4-10,17-18H,1-3H3. The van der Waals surface area contributed by atoms with Gasteiger partial charge in [-0.1, -0.05) is 12.1 Å². The molecule has 0 aliphatic rings. The average molecular weight is 266 g/mol. The minimum absolute atomic E-state index is 0.136. The second-order valence-electron chi connectivity index (χ2n) is 5.05. The first-order valence-electron chi connectivity index (χ1n) is 6.78.